The van der Waals surface area contributed by atoms with Gasteiger partial charge in [0.1, 0.15) is 11.7 Å². The average molecular weight is 608 g/mol. The molecule has 11 heteroatoms. The topological polar surface area (TPSA) is 144 Å². The smallest absolute Gasteiger partial charge is 0.337 e. The third-order valence-electron chi connectivity index (χ3n) is 8.74. The van der Waals surface area contributed by atoms with Gasteiger partial charge < -0.3 is 29.0 Å². The number of carbonyl (C=O) groups excluding carboxylic acids is 5. The van der Waals surface area contributed by atoms with Gasteiger partial charge in [0.05, 0.1) is 46.1 Å². The van der Waals surface area contributed by atoms with Crippen molar-refractivity contribution in [2.45, 2.75) is 84.3 Å². The van der Waals surface area contributed by atoms with E-state index in [4.69, 9.17) is 23.7 Å². The Morgan fingerprint density at radius 2 is 1.56 bits per heavy atom. The van der Waals surface area contributed by atoms with Crippen LogP contribution in [-0.2, 0) is 47.7 Å². The van der Waals surface area contributed by atoms with Crippen LogP contribution in [-0.4, -0.2) is 76.5 Å². The number of carbonyl (C=O) groups is 5. The van der Waals surface area contributed by atoms with Gasteiger partial charge in [0, 0.05) is 18.8 Å². The van der Waals surface area contributed by atoms with Gasteiger partial charge in [-0.2, -0.15) is 0 Å². The third kappa shape index (κ3) is 9.14. The molecule has 2 rings (SSSR count). The second-order valence-electron chi connectivity index (χ2n) is 11.9. The average Bonchev–Trinajstić information content (AvgIpc) is 3.56. The Hall–Kier alpha value is -3.21. The van der Waals surface area contributed by atoms with Gasteiger partial charge >= 0.3 is 23.9 Å². The highest BCUT2D eigenvalue weighted by molar-refractivity contribution is 6.05. The fourth-order valence-corrected chi connectivity index (χ4v) is 6.22. The van der Waals surface area contributed by atoms with E-state index in [1.165, 1.54) is 28.4 Å². The van der Waals surface area contributed by atoms with Crippen LogP contribution in [0.2, 0.25) is 0 Å². The number of hydrogen-bond donors (Lipinski definition) is 1. The van der Waals surface area contributed by atoms with E-state index in [-0.39, 0.29) is 72.1 Å². The maximum absolute atomic E-state index is 13.9. The Morgan fingerprint density at radius 1 is 0.907 bits per heavy atom. The standard InChI is InChI=1S/C32H49NO10/c1-9-10-20(4)23(16-21(17-26(35)40-6)15-22(19(2)3)11-12-25(34)39-5)29(36)33-18-32-14-13-24(43-32)27(30(37)41-7)28(32)31(38)42-8/h13-14,19-24H,9-12,15-18H2,1-8H3,(H,33,36)/t20?,21-,22?,23-,24?,32?/m0/s1. The van der Waals surface area contributed by atoms with Gasteiger partial charge in [0.15, 0.2) is 0 Å². The SMILES string of the molecule is CCCC(C)[C@H](C[C@@H](CC(=O)OC)CC(CCC(=O)OC)C(C)C)C(=O)NCC12C=CC(O1)C(C(=O)OC)=C2C(=O)OC. The van der Waals surface area contributed by atoms with Crippen LogP contribution in [0.15, 0.2) is 23.3 Å². The van der Waals surface area contributed by atoms with Crippen molar-refractivity contribution in [2.75, 3.05) is 35.0 Å². The second-order valence-corrected chi connectivity index (χ2v) is 11.9. The van der Waals surface area contributed by atoms with Crippen molar-refractivity contribution >= 4 is 29.8 Å². The first-order valence-electron chi connectivity index (χ1n) is 15.1. The van der Waals surface area contributed by atoms with Crippen LogP contribution in [0.1, 0.15) is 72.6 Å². The lowest BCUT2D eigenvalue weighted by molar-refractivity contribution is -0.143. The van der Waals surface area contributed by atoms with Gasteiger partial charge in [0.25, 0.3) is 0 Å². The number of hydrogen-bond acceptors (Lipinski definition) is 10. The minimum atomic E-state index is -1.36. The molecule has 2 aliphatic heterocycles. The third-order valence-corrected chi connectivity index (χ3v) is 8.74. The highest BCUT2D eigenvalue weighted by Gasteiger charge is 2.54. The molecule has 1 N–H and O–H groups in total. The molecule has 4 unspecified atom stereocenters. The number of rotatable bonds is 18. The molecule has 0 aromatic rings. The van der Waals surface area contributed by atoms with E-state index in [0.717, 1.165) is 12.8 Å². The van der Waals surface area contributed by atoms with Crippen LogP contribution in [0, 0.1) is 29.6 Å². The Labute approximate surface area is 255 Å². The quantitative estimate of drug-likeness (QED) is 0.139. The minimum absolute atomic E-state index is 0.00664. The number of amides is 1. The largest absolute Gasteiger partial charge is 0.469 e. The molecule has 242 valence electrons. The summed E-state index contributed by atoms with van der Waals surface area (Å²) in [5.41, 5.74) is -1.29. The summed E-state index contributed by atoms with van der Waals surface area (Å²) in [6.07, 6.45) is 6.32. The Bertz CT molecular complexity index is 1080. The molecule has 0 fully saturated rings. The number of ether oxygens (including phenoxy) is 5. The van der Waals surface area contributed by atoms with E-state index in [2.05, 4.69) is 26.1 Å². The summed E-state index contributed by atoms with van der Waals surface area (Å²) in [7, 11) is 5.14. The molecule has 0 radical (unpaired) electrons. The molecule has 0 aromatic heterocycles. The molecular formula is C32H49NO10. The van der Waals surface area contributed by atoms with Crippen LogP contribution in [0.4, 0.5) is 0 Å². The molecule has 0 aliphatic carbocycles. The van der Waals surface area contributed by atoms with Crippen molar-refractivity contribution < 1.29 is 47.7 Å². The highest BCUT2D eigenvalue weighted by atomic mass is 16.6. The zero-order valence-electron chi connectivity index (χ0n) is 26.9. The lowest BCUT2D eigenvalue weighted by Crippen LogP contribution is -2.47. The van der Waals surface area contributed by atoms with Gasteiger partial charge in [-0.05, 0) is 49.0 Å². The molecule has 43 heavy (non-hydrogen) atoms. The Balaban J connectivity index is 2.31. The first kappa shape index (κ1) is 36.0. The summed E-state index contributed by atoms with van der Waals surface area (Å²) in [5, 5.41) is 2.98. The van der Waals surface area contributed by atoms with Crippen molar-refractivity contribution in [3.8, 4) is 0 Å². The van der Waals surface area contributed by atoms with Crippen LogP contribution < -0.4 is 5.32 Å². The van der Waals surface area contributed by atoms with Crippen molar-refractivity contribution in [1.82, 2.24) is 5.32 Å². The van der Waals surface area contributed by atoms with E-state index in [1.54, 1.807) is 12.2 Å². The fraction of sp³-hybridized carbons (Fsp3) is 0.719. The number of methoxy groups -OCH3 is 4. The van der Waals surface area contributed by atoms with Crippen molar-refractivity contribution in [1.29, 1.82) is 0 Å². The van der Waals surface area contributed by atoms with Crippen LogP contribution in [0.25, 0.3) is 0 Å². The summed E-state index contributed by atoms with van der Waals surface area (Å²) >= 11 is 0. The summed E-state index contributed by atoms with van der Waals surface area (Å²) in [5.74, 6) is -2.55. The Morgan fingerprint density at radius 3 is 2.12 bits per heavy atom. The van der Waals surface area contributed by atoms with Crippen molar-refractivity contribution in [2.24, 2.45) is 29.6 Å². The number of esters is 4. The Kier molecular flexibility index (Phi) is 13.9. The molecular weight excluding hydrogens is 558 g/mol. The first-order chi connectivity index (χ1) is 20.4. The molecule has 0 aromatic carbocycles. The van der Waals surface area contributed by atoms with Gasteiger partial charge in [0.2, 0.25) is 5.91 Å². The van der Waals surface area contributed by atoms with E-state index in [9.17, 15) is 24.0 Å². The summed E-state index contributed by atoms with van der Waals surface area (Å²) < 4.78 is 25.7. The lowest BCUT2D eigenvalue weighted by atomic mass is 9.75. The molecule has 1 amide bonds. The molecule has 2 heterocycles. The fourth-order valence-electron chi connectivity index (χ4n) is 6.22. The predicted octanol–water partition coefficient (Wildman–Crippen LogP) is 3.69. The lowest BCUT2D eigenvalue weighted by Gasteiger charge is -2.32. The van der Waals surface area contributed by atoms with Gasteiger partial charge in [-0.1, -0.05) is 46.6 Å². The van der Waals surface area contributed by atoms with Crippen LogP contribution >= 0.6 is 0 Å². The summed E-state index contributed by atoms with van der Waals surface area (Å²) in [6.45, 7) is 8.15. The number of fused-ring (bicyclic) bond motifs is 2. The normalized spacial score (nSPS) is 21.7. The molecule has 2 aliphatic rings. The predicted molar refractivity (Wildman–Crippen MR) is 157 cm³/mol. The molecule has 11 nitrogen and oxygen atoms in total. The minimum Gasteiger partial charge on any atom is -0.469 e. The maximum atomic E-state index is 13.9. The van der Waals surface area contributed by atoms with Gasteiger partial charge in [-0.25, -0.2) is 9.59 Å². The van der Waals surface area contributed by atoms with Gasteiger partial charge in [-0.3, -0.25) is 14.4 Å². The van der Waals surface area contributed by atoms with E-state index < -0.39 is 29.6 Å². The molecule has 0 saturated carbocycles. The monoisotopic (exact) mass is 607 g/mol. The molecule has 6 atom stereocenters. The van der Waals surface area contributed by atoms with Crippen molar-refractivity contribution in [3.63, 3.8) is 0 Å². The molecule has 0 spiro atoms. The van der Waals surface area contributed by atoms with E-state index in [0.29, 0.717) is 19.3 Å². The van der Waals surface area contributed by atoms with Gasteiger partial charge in [-0.15, -0.1) is 0 Å². The summed E-state index contributed by atoms with van der Waals surface area (Å²) in [6, 6.07) is 0. The maximum Gasteiger partial charge on any atom is 0.337 e. The van der Waals surface area contributed by atoms with Crippen LogP contribution in [0.3, 0.4) is 0 Å². The number of nitrogens with one attached hydrogen (secondary N) is 1. The van der Waals surface area contributed by atoms with E-state index >= 15 is 0 Å². The zero-order valence-corrected chi connectivity index (χ0v) is 26.9. The van der Waals surface area contributed by atoms with E-state index in [1.807, 2.05) is 6.92 Å². The highest BCUT2D eigenvalue weighted by Crippen LogP contribution is 2.44. The van der Waals surface area contributed by atoms with Crippen molar-refractivity contribution in [3.05, 3.63) is 23.3 Å². The molecule has 0 saturated heterocycles. The second kappa shape index (κ2) is 16.6. The summed E-state index contributed by atoms with van der Waals surface area (Å²) in [4.78, 5) is 63.5. The van der Waals surface area contributed by atoms with Crippen LogP contribution in [0.5, 0.6) is 0 Å². The molecule has 2 bridgehead atoms. The zero-order chi connectivity index (χ0) is 32.3. The first-order valence-corrected chi connectivity index (χ1v) is 15.1.